The van der Waals surface area contributed by atoms with Gasteiger partial charge < -0.3 is 9.64 Å². The van der Waals surface area contributed by atoms with Crippen LogP contribution in [0.25, 0.3) is 0 Å². The molecule has 0 aliphatic carbocycles. The van der Waals surface area contributed by atoms with Crippen LogP contribution in [0.4, 0.5) is 4.39 Å². The lowest BCUT2D eigenvalue weighted by Crippen LogP contribution is -2.31. The van der Waals surface area contributed by atoms with Gasteiger partial charge in [0, 0.05) is 17.6 Å². The van der Waals surface area contributed by atoms with Gasteiger partial charge >= 0.3 is 0 Å². The summed E-state index contributed by atoms with van der Waals surface area (Å²) in [4.78, 5) is 13.7. The molecule has 22 heavy (non-hydrogen) atoms. The van der Waals surface area contributed by atoms with Crippen LogP contribution in [0.1, 0.15) is 15.9 Å². The molecule has 2 rings (SSSR count). The van der Waals surface area contributed by atoms with Crippen LogP contribution in [0.2, 0.25) is 5.02 Å². The van der Waals surface area contributed by atoms with Crippen LogP contribution in [0, 0.1) is 12.7 Å². The summed E-state index contributed by atoms with van der Waals surface area (Å²) < 4.78 is 19.0. The number of halogens is 2. The summed E-state index contributed by atoms with van der Waals surface area (Å²) in [7, 11) is 1.65. The summed E-state index contributed by atoms with van der Waals surface area (Å²) in [5.41, 5.74) is 0.844. The first-order chi connectivity index (χ1) is 10.5. The van der Waals surface area contributed by atoms with Crippen molar-refractivity contribution in [1.82, 2.24) is 4.90 Å². The first-order valence-electron chi connectivity index (χ1n) is 6.87. The van der Waals surface area contributed by atoms with Crippen molar-refractivity contribution >= 4 is 17.5 Å². The maximum absolute atomic E-state index is 13.5. The van der Waals surface area contributed by atoms with Gasteiger partial charge in [0.25, 0.3) is 5.91 Å². The molecule has 1 amide bonds. The molecule has 0 bridgehead atoms. The number of ether oxygens (including phenoxy) is 1. The summed E-state index contributed by atoms with van der Waals surface area (Å²) in [5.74, 6) is 0.0257. The van der Waals surface area contributed by atoms with Gasteiger partial charge in [-0.2, -0.15) is 0 Å². The van der Waals surface area contributed by atoms with Gasteiger partial charge in [-0.1, -0.05) is 23.7 Å². The second-order valence-corrected chi connectivity index (χ2v) is 5.43. The van der Waals surface area contributed by atoms with Crippen molar-refractivity contribution in [2.45, 2.75) is 6.92 Å². The largest absolute Gasteiger partial charge is 0.492 e. The van der Waals surface area contributed by atoms with Crippen molar-refractivity contribution in [3.8, 4) is 5.75 Å². The van der Waals surface area contributed by atoms with Gasteiger partial charge in [-0.25, -0.2) is 4.39 Å². The quantitative estimate of drug-likeness (QED) is 0.835. The molecule has 0 spiro atoms. The Morgan fingerprint density at radius 1 is 1.27 bits per heavy atom. The number of amides is 1. The Hall–Kier alpha value is -2.07. The maximum atomic E-state index is 13.5. The van der Waals surface area contributed by atoms with E-state index < -0.39 is 0 Å². The fraction of sp³-hybridized carbons (Fsp3) is 0.235. The lowest BCUT2D eigenvalue weighted by molar-refractivity contribution is 0.0773. The number of carbonyl (C=O) groups is 1. The predicted octanol–water partition coefficient (Wildman–Crippen LogP) is 3.94. The second-order valence-electron chi connectivity index (χ2n) is 5.00. The highest BCUT2D eigenvalue weighted by molar-refractivity contribution is 6.30. The molecule has 2 aromatic rings. The van der Waals surface area contributed by atoms with Gasteiger partial charge in [-0.3, -0.25) is 4.79 Å². The third kappa shape index (κ3) is 4.21. The van der Waals surface area contributed by atoms with Crippen molar-refractivity contribution in [3.63, 3.8) is 0 Å². The third-order valence-corrected chi connectivity index (χ3v) is 3.49. The highest BCUT2D eigenvalue weighted by atomic mass is 35.5. The Kier molecular flexibility index (Phi) is 5.39. The zero-order valence-electron chi connectivity index (χ0n) is 12.5. The Balaban J connectivity index is 1.90. The molecule has 0 radical (unpaired) electrons. The number of aryl methyl sites for hydroxylation is 1. The van der Waals surface area contributed by atoms with Crippen molar-refractivity contribution in [2.75, 3.05) is 20.2 Å². The molecule has 5 heteroatoms. The smallest absolute Gasteiger partial charge is 0.253 e. The van der Waals surface area contributed by atoms with Crippen LogP contribution in [-0.4, -0.2) is 31.0 Å². The van der Waals surface area contributed by atoms with Gasteiger partial charge in [0.1, 0.15) is 18.2 Å². The minimum atomic E-state index is -0.380. The molecule has 2 aromatic carbocycles. The zero-order chi connectivity index (χ0) is 16.1. The zero-order valence-corrected chi connectivity index (χ0v) is 13.2. The van der Waals surface area contributed by atoms with Gasteiger partial charge in [0.05, 0.1) is 6.54 Å². The molecule has 0 saturated heterocycles. The molecule has 3 nitrogen and oxygen atoms in total. The monoisotopic (exact) mass is 321 g/mol. The minimum absolute atomic E-state index is 0.242. The molecular formula is C17H17ClFNO2. The first kappa shape index (κ1) is 16.3. The van der Waals surface area contributed by atoms with Crippen molar-refractivity contribution < 1.29 is 13.9 Å². The number of hydrogen-bond donors (Lipinski definition) is 0. The summed E-state index contributed by atoms with van der Waals surface area (Å²) in [6, 6.07) is 11.5. The van der Waals surface area contributed by atoms with E-state index >= 15 is 0 Å². The van der Waals surface area contributed by atoms with Crippen LogP contribution in [0.3, 0.4) is 0 Å². The van der Waals surface area contributed by atoms with Gasteiger partial charge in [0.15, 0.2) is 0 Å². The van der Waals surface area contributed by atoms with E-state index in [9.17, 15) is 9.18 Å². The van der Waals surface area contributed by atoms with E-state index in [0.29, 0.717) is 35.1 Å². The van der Waals surface area contributed by atoms with Crippen LogP contribution >= 0.6 is 11.6 Å². The fourth-order valence-corrected chi connectivity index (χ4v) is 2.09. The highest BCUT2D eigenvalue weighted by Crippen LogP contribution is 2.17. The van der Waals surface area contributed by atoms with E-state index in [-0.39, 0.29) is 11.7 Å². The fourth-order valence-electron chi connectivity index (χ4n) is 1.91. The summed E-state index contributed by atoms with van der Waals surface area (Å²) >= 11 is 5.86. The number of benzene rings is 2. The van der Waals surface area contributed by atoms with E-state index in [4.69, 9.17) is 16.3 Å². The molecule has 0 aliphatic heterocycles. The Morgan fingerprint density at radius 3 is 2.73 bits per heavy atom. The summed E-state index contributed by atoms with van der Waals surface area (Å²) in [6.07, 6.45) is 0. The molecule has 0 aliphatic rings. The van der Waals surface area contributed by atoms with Gasteiger partial charge in [0.2, 0.25) is 0 Å². The normalized spacial score (nSPS) is 10.4. The topological polar surface area (TPSA) is 29.5 Å². The van der Waals surface area contributed by atoms with E-state index in [1.165, 1.54) is 11.0 Å². The number of likely N-dealkylation sites (N-methyl/N-ethyl adjacent to an activating group) is 1. The molecule has 0 N–H and O–H groups in total. The Bertz CT molecular complexity index is 675. The van der Waals surface area contributed by atoms with Crippen molar-refractivity contribution in [2.24, 2.45) is 0 Å². The van der Waals surface area contributed by atoms with Crippen LogP contribution < -0.4 is 4.74 Å². The van der Waals surface area contributed by atoms with Gasteiger partial charge in [-0.05, 0) is 42.8 Å². The standard InChI is InChI=1S/C17H17ClFNO2/c1-12-6-7-13(10-16(12)19)17(21)20(2)8-9-22-15-5-3-4-14(18)11-15/h3-7,10-11H,8-9H2,1-2H3. The highest BCUT2D eigenvalue weighted by Gasteiger charge is 2.13. The lowest BCUT2D eigenvalue weighted by atomic mass is 10.1. The molecule has 0 heterocycles. The minimum Gasteiger partial charge on any atom is -0.492 e. The second kappa shape index (κ2) is 7.27. The molecule has 0 atom stereocenters. The van der Waals surface area contributed by atoms with Crippen molar-refractivity contribution in [3.05, 3.63) is 64.4 Å². The van der Waals surface area contributed by atoms with Gasteiger partial charge in [-0.15, -0.1) is 0 Å². The van der Waals surface area contributed by atoms with Crippen LogP contribution in [-0.2, 0) is 0 Å². The predicted molar refractivity (Wildman–Crippen MR) is 85.0 cm³/mol. The molecule has 116 valence electrons. The van der Waals surface area contributed by atoms with E-state index in [2.05, 4.69) is 0 Å². The van der Waals surface area contributed by atoms with E-state index in [0.717, 1.165) is 0 Å². The average molecular weight is 322 g/mol. The van der Waals surface area contributed by atoms with Crippen molar-refractivity contribution in [1.29, 1.82) is 0 Å². The molecule has 0 saturated carbocycles. The number of carbonyl (C=O) groups excluding carboxylic acids is 1. The van der Waals surface area contributed by atoms with E-state index in [1.807, 2.05) is 0 Å². The number of hydrogen-bond acceptors (Lipinski definition) is 2. The lowest BCUT2D eigenvalue weighted by Gasteiger charge is -2.18. The van der Waals surface area contributed by atoms with Crippen LogP contribution in [0.5, 0.6) is 5.75 Å². The SMILES string of the molecule is Cc1ccc(C(=O)N(C)CCOc2cccc(Cl)c2)cc1F. The first-order valence-corrected chi connectivity index (χ1v) is 7.25. The molecule has 0 fully saturated rings. The maximum Gasteiger partial charge on any atom is 0.253 e. The third-order valence-electron chi connectivity index (χ3n) is 3.26. The summed E-state index contributed by atoms with van der Waals surface area (Å²) in [6.45, 7) is 2.38. The summed E-state index contributed by atoms with van der Waals surface area (Å²) in [5, 5.41) is 0.595. The average Bonchev–Trinajstić information content (AvgIpc) is 2.49. The Morgan fingerprint density at radius 2 is 2.05 bits per heavy atom. The van der Waals surface area contributed by atoms with E-state index in [1.54, 1.807) is 50.4 Å². The molecule has 0 aromatic heterocycles. The Labute approximate surface area is 134 Å². The molecular weight excluding hydrogens is 305 g/mol. The number of rotatable bonds is 5. The van der Waals surface area contributed by atoms with Crippen LogP contribution in [0.15, 0.2) is 42.5 Å². The number of nitrogens with zero attached hydrogens (tertiary/aromatic N) is 1. The molecule has 0 unspecified atom stereocenters.